The molecule has 0 aliphatic heterocycles. The quantitative estimate of drug-likeness (QED) is 0.146. The average Bonchev–Trinajstić information content (AvgIpc) is 3.56. The van der Waals surface area contributed by atoms with Crippen molar-refractivity contribution in [2.45, 2.75) is 11.3 Å². The summed E-state index contributed by atoms with van der Waals surface area (Å²) in [4.78, 5) is 0. The van der Waals surface area contributed by atoms with E-state index in [1.54, 1.807) is 0 Å². The molecule has 1 unspecified atom stereocenters. The van der Waals surface area contributed by atoms with Crippen molar-refractivity contribution < 1.29 is 0 Å². The van der Waals surface area contributed by atoms with Crippen LogP contribution in [0, 0.1) is 0 Å². The Kier molecular flexibility index (Phi) is 7.89. The van der Waals surface area contributed by atoms with Gasteiger partial charge in [-0.2, -0.15) is 0 Å². The van der Waals surface area contributed by atoms with E-state index in [1.807, 2.05) is 0 Å². The highest BCUT2D eigenvalue weighted by molar-refractivity contribution is 5.97. The maximum absolute atomic E-state index is 2.35. The zero-order chi connectivity index (χ0) is 35.9. The van der Waals surface area contributed by atoms with Gasteiger partial charge in [-0.1, -0.05) is 224 Å². The van der Waals surface area contributed by atoms with Gasteiger partial charge < -0.3 is 0 Å². The second kappa shape index (κ2) is 13.3. The predicted octanol–water partition coefficient (Wildman–Crippen LogP) is 13.7. The molecule has 0 radical (unpaired) electrons. The standard InChI is InChI=1S/C54H38/c1-4-17-41(18-5-1)52(42-34-30-39(31-35-42)47-26-14-19-38-16-10-11-24-46(38)47)43-36-32-40(33-37-43)48-27-15-29-51-53(48)49-25-12-13-28-50(49)54(51,44-20-6-2-7-21-44)45-22-8-3-9-23-45/h1-37,52H. The van der Waals surface area contributed by atoms with Gasteiger partial charge in [-0.25, -0.2) is 0 Å². The highest BCUT2D eigenvalue weighted by Crippen LogP contribution is 2.58. The van der Waals surface area contributed by atoms with Crippen LogP contribution < -0.4 is 0 Å². The zero-order valence-electron chi connectivity index (χ0n) is 29.9. The summed E-state index contributed by atoms with van der Waals surface area (Å²) in [6, 6.07) is 82.7. The number of rotatable bonds is 7. The molecular formula is C54H38. The van der Waals surface area contributed by atoms with Gasteiger partial charge in [0, 0.05) is 5.92 Å². The van der Waals surface area contributed by atoms with E-state index in [-0.39, 0.29) is 5.92 Å². The monoisotopic (exact) mass is 686 g/mol. The summed E-state index contributed by atoms with van der Waals surface area (Å²) in [6.07, 6.45) is 0. The fourth-order valence-corrected chi connectivity index (χ4v) is 9.14. The van der Waals surface area contributed by atoms with Crippen molar-refractivity contribution in [3.05, 3.63) is 263 Å². The molecule has 0 bridgehead atoms. The SMILES string of the molecule is c1ccc(C(c2ccc(-c3cccc4c3-c3ccccc3C4(c3ccccc3)c3ccccc3)cc2)c2ccc(-c3cccc4ccccc34)cc2)cc1. The lowest BCUT2D eigenvalue weighted by Crippen LogP contribution is -2.28. The summed E-state index contributed by atoms with van der Waals surface area (Å²) in [7, 11) is 0. The first-order chi connectivity index (χ1) is 26.8. The normalized spacial score (nSPS) is 13.3. The molecule has 1 atom stereocenters. The molecule has 0 nitrogen and oxygen atoms in total. The molecule has 9 aromatic rings. The zero-order valence-corrected chi connectivity index (χ0v) is 29.9. The fourth-order valence-electron chi connectivity index (χ4n) is 9.14. The second-order valence-electron chi connectivity index (χ2n) is 14.4. The van der Waals surface area contributed by atoms with Crippen LogP contribution in [0.15, 0.2) is 224 Å². The molecule has 0 aromatic heterocycles. The molecule has 0 amide bonds. The maximum Gasteiger partial charge on any atom is 0.0713 e. The van der Waals surface area contributed by atoms with Crippen molar-refractivity contribution in [2.24, 2.45) is 0 Å². The Bertz CT molecular complexity index is 2680. The lowest BCUT2D eigenvalue weighted by Gasteiger charge is -2.34. The van der Waals surface area contributed by atoms with E-state index in [0.717, 1.165) is 0 Å². The van der Waals surface area contributed by atoms with Crippen LogP contribution in [0.1, 0.15) is 44.9 Å². The van der Waals surface area contributed by atoms with Crippen LogP contribution in [0.5, 0.6) is 0 Å². The minimum Gasteiger partial charge on any atom is -0.0622 e. The third-order valence-electron chi connectivity index (χ3n) is 11.5. The van der Waals surface area contributed by atoms with Gasteiger partial charge in [0.2, 0.25) is 0 Å². The molecule has 0 saturated heterocycles. The molecule has 0 heteroatoms. The number of fused-ring (bicyclic) bond motifs is 4. The summed E-state index contributed by atoms with van der Waals surface area (Å²) in [6.45, 7) is 0. The van der Waals surface area contributed by atoms with E-state index < -0.39 is 5.41 Å². The van der Waals surface area contributed by atoms with Crippen LogP contribution >= 0.6 is 0 Å². The first kappa shape index (κ1) is 31.9. The summed E-state index contributed by atoms with van der Waals surface area (Å²) in [5, 5.41) is 2.54. The lowest BCUT2D eigenvalue weighted by molar-refractivity contribution is 0.768. The minimum atomic E-state index is -0.416. The third kappa shape index (κ3) is 5.14. The maximum atomic E-state index is 2.35. The Balaban J connectivity index is 1.08. The van der Waals surface area contributed by atoms with Gasteiger partial charge in [-0.3, -0.25) is 0 Å². The van der Waals surface area contributed by atoms with E-state index in [1.165, 1.54) is 83.1 Å². The summed E-state index contributed by atoms with van der Waals surface area (Å²) in [5.74, 6) is 0.104. The first-order valence-electron chi connectivity index (χ1n) is 18.9. The summed E-state index contributed by atoms with van der Waals surface area (Å²) >= 11 is 0. The van der Waals surface area contributed by atoms with Crippen LogP contribution in [0.4, 0.5) is 0 Å². The van der Waals surface area contributed by atoms with Crippen LogP contribution in [0.2, 0.25) is 0 Å². The first-order valence-corrected chi connectivity index (χ1v) is 18.9. The number of hydrogen-bond acceptors (Lipinski definition) is 0. The van der Waals surface area contributed by atoms with Crippen molar-refractivity contribution in [1.29, 1.82) is 0 Å². The van der Waals surface area contributed by atoms with Crippen molar-refractivity contribution >= 4 is 10.8 Å². The Morgan fingerprint density at radius 2 is 0.741 bits per heavy atom. The Morgan fingerprint density at radius 3 is 1.41 bits per heavy atom. The molecule has 10 rings (SSSR count). The minimum absolute atomic E-state index is 0.104. The predicted molar refractivity (Wildman–Crippen MR) is 226 cm³/mol. The van der Waals surface area contributed by atoms with Gasteiger partial charge in [-0.15, -0.1) is 0 Å². The highest BCUT2D eigenvalue weighted by Gasteiger charge is 2.46. The Morgan fingerprint density at radius 1 is 0.296 bits per heavy atom. The largest absolute Gasteiger partial charge is 0.0713 e. The highest BCUT2D eigenvalue weighted by atomic mass is 14.5. The van der Waals surface area contributed by atoms with E-state index in [2.05, 4.69) is 224 Å². The van der Waals surface area contributed by atoms with E-state index in [9.17, 15) is 0 Å². The molecular weight excluding hydrogens is 649 g/mol. The van der Waals surface area contributed by atoms with Crippen molar-refractivity contribution in [3.63, 3.8) is 0 Å². The number of benzene rings is 9. The molecule has 0 saturated carbocycles. The Hall–Kier alpha value is -6.76. The molecule has 54 heavy (non-hydrogen) atoms. The van der Waals surface area contributed by atoms with Crippen LogP contribution in [-0.2, 0) is 5.41 Å². The lowest BCUT2D eigenvalue weighted by atomic mass is 9.67. The smallest absolute Gasteiger partial charge is 0.0622 e. The second-order valence-corrected chi connectivity index (χ2v) is 14.4. The average molecular weight is 687 g/mol. The van der Waals surface area contributed by atoms with E-state index in [0.29, 0.717) is 0 Å². The molecule has 0 fully saturated rings. The van der Waals surface area contributed by atoms with Crippen molar-refractivity contribution in [3.8, 4) is 33.4 Å². The van der Waals surface area contributed by atoms with Crippen LogP contribution in [0.25, 0.3) is 44.2 Å². The van der Waals surface area contributed by atoms with Crippen molar-refractivity contribution in [1.82, 2.24) is 0 Å². The molecule has 0 N–H and O–H groups in total. The van der Waals surface area contributed by atoms with Gasteiger partial charge in [0.15, 0.2) is 0 Å². The van der Waals surface area contributed by atoms with Gasteiger partial charge in [0.05, 0.1) is 5.41 Å². The fraction of sp³-hybridized carbons (Fsp3) is 0.0370. The molecule has 0 heterocycles. The molecule has 9 aromatic carbocycles. The third-order valence-corrected chi connectivity index (χ3v) is 11.5. The van der Waals surface area contributed by atoms with Crippen LogP contribution in [0.3, 0.4) is 0 Å². The van der Waals surface area contributed by atoms with Gasteiger partial charge in [0.25, 0.3) is 0 Å². The summed E-state index contributed by atoms with van der Waals surface area (Å²) in [5.41, 5.74) is 16.3. The topological polar surface area (TPSA) is 0 Å². The molecule has 1 aliphatic carbocycles. The van der Waals surface area contributed by atoms with Gasteiger partial charge >= 0.3 is 0 Å². The van der Waals surface area contributed by atoms with Crippen molar-refractivity contribution in [2.75, 3.05) is 0 Å². The molecule has 1 aliphatic rings. The molecule has 254 valence electrons. The van der Waals surface area contributed by atoms with E-state index >= 15 is 0 Å². The van der Waals surface area contributed by atoms with Crippen LogP contribution in [-0.4, -0.2) is 0 Å². The summed E-state index contributed by atoms with van der Waals surface area (Å²) < 4.78 is 0. The van der Waals surface area contributed by atoms with E-state index in [4.69, 9.17) is 0 Å². The molecule has 0 spiro atoms. The Labute approximate surface area is 317 Å². The van der Waals surface area contributed by atoms with Gasteiger partial charge in [0.1, 0.15) is 0 Å². The number of hydrogen-bond donors (Lipinski definition) is 0. The van der Waals surface area contributed by atoms with Gasteiger partial charge in [-0.05, 0) is 83.1 Å².